The van der Waals surface area contributed by atoms with Crippen LogP contribution in [0.2, 0.25) is 0 Å². The van der Waals surface area contributed by atoms with Gasteiger partial charge in [0.2, 0.25) is 15.9 Å². The quantitative estimate of drug-likeness (QED) is 0.629. The van der Waals surface area contributed by atoms with Crippen LogP contribution in [0.25, 0.3) is 0 Å². The predicted molar refractivity (Wildman–Crippen MR) is 113 cm³/mol. The van der Waals surface area contributed by atoms with E-state index < -0.39 is 71.0 Å². The summed E-state index contributed by atoms with van der Waals surface area (Å²) in [6.07, 6.45) is -0.429. The number of halogens is 4. The molecule has 0 radical (unpaired) electrons. The number of hydrogen-bond donors (Lipinski definition) is 2. The first-order valence-electron chi connectivity index (χ1n) is 10.5. The van der Waals surface area contributed by atoms with Gasteiger partial charge in [-0.25, -0.2) is 40.5 Å². The van der Waals surface area contributed by atoms with Gasteiger partial charge in [-0.3, -0.25) is 0 Å². The van der Waals surface area contributed by atoms with Crippen molar-refractivity contribution in [2.45, 2.75) is 44.8 Å². The van der Waals surface area contributed by atoms with Crippen LogP contribution in [-0.4, -0.2) is 54.6 Å². The Kier molecular flexibility index (Phi) is 6.19. The number of ether oxygens (including phenoxy) is 1. The van der Waals surface area contributed by atoms with Crippen molar-refractivity contribution in [1.29, 1.82) is 0 Å². The van der Waals surface area contributed by atoms with Gasteiger partial charge in [-0.1, -0.05) is 12.1 Å². The first kappa shape index (κ1) is 24.2. The molecule has 1 aromatic heterocycles. The molecule has 0 saturated carbocycles. The molecule has 2 aliphatic rings. The molecule has 2 aromatic rings. The Hall–Kier alpha value is -2.93. The van der Waals surface area contributed by atoms with Crippen LogP contribution >= 0.6 is 0 Å². The number of fused-ring (bicyclic) bond motifs is 5. The molecule has 3 heterocycles. The largest absolute Gasteiger partial charge is 0.436 e. The van der Waals surface area contributed by atoms with E-state index >= 15 is 4.39 Å². The van der Waals surface area contributed by atoms with E-state index in [0.717, 1.165) is 11.0 Å². The fraction of sp³-hybridized carbons (Fsp3) is 0.429. The van der Waals surface area contributed by atoms with E-state index in [1.807, 2.05) is 4.72 Å². The minimum atomic E-state index is -4.09. The number of amides is 2. The summed E-state index contributed by atoms with van der Waals surface area (Å²) in [5.41, 5.74) is -0.0324. The monoisotopic (exact) mass is 502 g/mol. The van der Waals surface area contributed by atoms with Crippen LogP contribution in [0.5, 0.6) is 11.6 Å². The average Bonchev–Trinajstić information content (AvgIpc) is 3.00. The molecule has 0 unspecified atom stereocenters. The minimum absolute atomic E-state index is 0.0714. The second-order valence-corrected chi connectivity index (χ2v) is 10.2. The highest BCUT2D eigenvalue weighted by Crippen LogP contribution is 2.37. The number of nitrogens with one attached hydrogen (secondary N) is 2. The number of aryl methyl sites for hydroxylation is 1. The summed E-state index contributed by atoms with van der Waals surface area (Å²) in [5, 5.41) is 2.34. The van der Waals surface area contributed by atoms with Crippen molar-refractivity contribution >= 4 is 16.1 Å². The second kappa shape index (κ2) is 8.69. The number of urea groups is 1. The standard InChI is InChI=1S/C21H22F4N4O4S/c1-3-34(31,32)28-18-15-8-12-5-4-6-16(17(12)23)33-19-11(2)7-13(22)14(27-19)9-26-20(30)29(15)10-21(18,24)25/h4-7,15,18,28H,3,8-10H2,1-2H3,(H,26,30)/t15-,18+/m0/s1. The maximum atomic E-state index is 15.3. The minimum Gasteiger partial charge on any atom is -0.436 e. The molecule has 0 spiro atoms. The normalized spacial score (nSPS) is 22.1. The molecular formula is C21H22F4N4O4S. The highest BCUT2D eigenvalue weighted by atomic mass is 32.2. The van der Waals surface area contributed by atoms with Crippen LogP contribution in [0.3, 0.4) is 0 Å². The van der Waals surface area contributed by atoms with E-state index in [2.05, 4.69) is 10.3 Å². The molecule has 2 amide bonds. The molecule has 2 N–H and O–H groups in total. The van der Waals surface area contributed by atoms with Crippen molar-refractivity contribution in [3.63, 3.8) is 0 Å². The maximum Gasteiger partial charge on any atom is 0.318 e. The van der Waals surface area contributed by atoms with Crippen molar-refractivity contribution in [1.82, 2.24) is 19.9 Å². The van der Waals surface area contributed by atoms with Gasteiger partial charge in [0.1, 0.15) is 11.9 Å². The fourth-order valence-electron chi connectivity index (χ4n) is 4.01. The zero-order chi connectivity index (χ0) is 24.8. The van der Waals surface area contributed by atoms with Crippen LogP contribution in [0, 0.1) is 18.6 Å². The molecule has 184 valence electrons. The van der Waals surface area contributed by atoms with Gasteiger partial charge in [-0.2, -0.15) is 0 Å². The Labute approximate surface area is 193 Å². The number of pyridine rings is 1. The summed E-state index contributed by atoms with van der Waals surface area (Å²) in [7, 11) is -4.09. The van der Waals surface area contributed by atoms with Gasteiger partial charge in [0.15, 0.2) is 11.6 Å². The predicted octanol–water partition coefficient (Wildman–Crippen LogP) is 2.85. The van der Waals surface area contributed by atoms with Gasteiger partial charge in [0.25, 0.3) is 5.92 Å². The summed E-state index contributed by atoms with van der Waals surface area (Å²) in [6.45, 7) is 1.22. The first-order valence-corrected chi connectivity index (χ1v) is 12.1. The van der Waals surface area contributed by atoms with Gasteiger partial charge in [-0.05, 0) is 38.0 Å². The Bertz CT molecular complexity index is 1240. The third-order valence-corrected chi connectivity index (χ3v) is 7.22. The zero-order valence-corrected chi connectivity index (χ0v) is 19.1. The number of carbonyl (C=O) groups excluding carboxylic acids is 1. The summed E-state index contributed by atoms with van der Waals surface area (Å²) in [6, 6.07) is 0.715. The third kappa shape index (κ3) is 4.53. The molecule has 0 aliphatic carbocycles. The van der Waals surface area contributed by atoms with Crippen molar-refractivity contribution in [2.24, 2.45) is 0 Å². The molecule has 1 saturated heterocycles. The van der Waals surface area contributed by atoms with Gasteiger partial charge in [-0.15, -0.1) is 0 Å². The summed E-state index contributed by atoms with van der Waals surface area (Å²) in [4.78, 5) is 17.6. The molecule has 1 fully saturated rings. The van der Waals surface area contributed by atoms with E-state index in [0.29, 0.717) is 0 Å². The number of aromatic nitrogens is 1. The van der Waals surface area contributed by atoms with Crippen molar-refractivity contribution in [3.05, 3.63) is 52.7 Å². The smallest absolute Gasteiger partial charge is 0.318 e. The molecular weight excluding hydrogens is 480 g/mol. The van der Waals surface area contributed by atoms with E-state index in [-0.39, 0.29) is 28.5 Å². The lowest BCUT2D eigenvalue weighted by Gasteiger charge is -2.28. The highest BCUT2D eigenvalue weighted by Gasteiger charge is 2.57. The second-order valence-electron chi connectivity index (χ2n) is 8.19. The molecule has 1 aromatic carbocycles. The number of nitrogens with zero attached hydrogens (tertiary/aromatic N) is 2. The lowest BCUT2D eigenvalue weighted by molar-refractivity contribution is -0.00456. The topological polar surface area (TPSA) is 101 Å². The van der Waals surface area contributed by atoms with Gasteiger partial charge < -0.3 is 15.0 Å². The Morgan fingerprint density at radius 2 is 2.06 bits per heavy atom. The SMILES string of the molecule is CCS(=O)(=O)N[C@@H]1[C@@H]2Cc3cccc(c3F)Oc3nc(c(F)cc3C)CNC(=O)N2CC1(F)F. The van der Waals surface area contributed by atoms with Gasteiger partial charge >= 0.3 is 6.03 Å². The molecule has 2 atom stereocenters. The third-order valence-electron chi connectivity index (χ3n) is 5.85. The molecule has 8 nitrogen and oxygen atoms in total. The van der Waals surface area contributed by atoms with Crippen molar-refractivity contribution < 1.29 is 35.5 Å². The first-order chi connectivity index (χ1) is 15.9. The maximum absolute atomic E-state index is 15.3. The number of hydrogen-bond acceptors (Lipinski definition) is 5. The Morgan fingerprint density at radius 1 is 1.32 bits per heavy atom. The molecule has 34 heavy (non-hydrogen) atoms. The van der Waals surface area contributed by atoms with E-state index in [1.165, 1.54) is 32.0 Å². The van der Waals surface area contributed by atoms with Crippen LogP contribution in [0.4, 0.5) is 22.4 Å². The molecule has 4 rings (SSSR count). The van der Waals surface area contributed by atoms with Crippen molar-refractivity contribution in [3.8, 4) is 11.6 Å². The van der Waals surface area contributed by atoms with Crippen LogP contribution in [-0.2, 0) is 23.0 Å². The van der Waals surface area contributed by atoms with E-state index in [9.17, 15) is 26.4 Å². The number of alkyl halides is 2. The lowest BCUT2D eigenvalue weighted by Crippen LogP contribution is -2.53. The Balaban J connectivity index is 1.83. The average molecular weight is 502 g/mol. The molecule has 13 heteroatoms. The van der Waals surface area contributed by atoms with E-state index in [4.69, 9.17) is 4.74 Å². The highest BCUT2D eigenvalue weighted by molar-refractivity contribution is 7.89. The summed E-state index contributed by atoms with van der Waals surface area (Å²) < 4.78 is 91.4. The number of sulfonamides is 1. The van der Waals surface area contributed by atoms with E-state index in [1.54, 1.807) is 0 Å². The number of rotatable bonds is 3. The molecule has 4 bridgehead atoms. The number of benzene rings is 1. The lowest BCUT2D eigenvalue weighted by atomic mass is 9.98. The van der Waals surface area contributed by atoms with Crippen LogP contribution in [0.1, 0.15) is 23.7 Å². The van der Waals surface area contributed by atoms with Crippen LogP contribution < -0.4 is 14.8 Å². The molecule has 2 aliphatic heterocycles. The van der Waals surface area contributed by atoms with Crippen molar-refractivity contribution in [2.75, 3.05) is 12.3 Å². The summed E-state index contributed by atoms with van der Waals surface area (Å²) in [5.74, 6) is -6.12. The zero-order valence-electron chi connectivity index (χ0n) is 18.2. The van der Waals surface area contributed by atoms with Gasteiger partial charge in [0.05, 0.1) is 30.6 Å². The fourth-order valence-corrected chi connectivity index (χ4v) is 4.89. The van der Waals surface area contributed by atoms with Gasteiger partial charge in [0, 0.05) is 5.56 Å². The number of carbonyl (C=O) groups is 1. The summed E-state index contributed by atoms with van der Waals surface area (Å²) >= 11 is 0. The Morgan fingerprint density at radius 3 is 2.76 bits per heavy atom. The van der Waals surface area contributed by atoms with Crippen LogP contribution in [0.15, 0.2) is 24.3 Å².